The summed E-state index contributed by atoms with van der Waals surface area (Å²) < 4.78 is 51.1. The van der Waals surface area contributed by atoms with Crippen molar-refractivity contribution in [1.29, 1.82) is 0 Å². The topological polar surface area (TPSA) is 26.0 Å². The fourth-order valence-corrected chi connectivity index (χ4v) is 2.34. The van der Waals surface area contributed by atoms with E-state index in [2.05, 4.69) is 6.92 Å². The quantitative estimate of drug-likeness (QED) is 0.728. The first kappa shape index (κ1) is 17.0. The third-order valence-electron chi connectivity index (χ3n) is 3.64. The second-order valence-corrected chi connectivity index (χ2v) is 5.07. The second-order valence-electron chi connectivity index (χ2n) is 5.07. The van der Waals surface area contributed by atoms with Gasteiger partial charge >= 0.3 is 6.18 Å². The van der Waals surface area contributed by atoms with Gasteiger partial charge in [0.25, 0.3) is 0 Å². The van der Waals surface area contributed by atoms with Gasteiger partial charge in [-0.25, -0.2) is 4.39 Å². The Bertz CT molecular complexity index is 428. The minimum absolute atomic E-state index is 0.158. The molecule has 0 aromatic heterocycles. The van der Waals surface area contributed by atoms with E-state index in [9.17, 15) is 17.6 Å². The molecule has 0 bridgehead atoms. The van der Waals surface area contributed by atoms with Crippen molar-refractivity contribution in [2.24, 2.45) is 11.7 Å². The smallest absolute Gasteiger partial charge is 0.324 e. The van der Waals surface area contributed by atoms with Gasteiger partial charge in [-0.05, 0) is 30.0 Å². The first-order valence-electron chi connectivity index (χ1n) is 6.93. The zero-order valence-corrected chi connectivity index (χ0v) is 11.8. The SMILES string of the molecule is CCCCC(CC)C(N)c1ccc(C(F)(F)F)c(F)c1. The number of nitrogens with two attached hydrogens (primary N) is 1. The van der Waals surface area contributed by atoms with E-state index in [0.29, 0.717) is 5.56 Å². The molecule has 0 spiro atoms. The Hall–Kier alpha value is -1.10. The maximum Gasteiger partial charge on any atom is 0.419 e. The Kier molecular flexibility index (Phi) is 5.99. The van der Waals surface area contributed by atoms with Crippen LogP contribution in [0.5, 0.6) is 0 Å². The van der Waals surface area contributed by atoms with E-state index in [1.165, 1.54) is 6.07 Å². The molecule has 2 atom stereocenters. The number of rotatable bonds is 6. The minimum atomic E-state index is -4.67. The van der Waals surface area contributed by atoms with Gasteiger partial charge in [-0.3, -0.25) is 0 Å². The lowest BCUT2D eigenvalue weighted by Crippen LogP contribution is -2.21. The number of hydrogen-bond acceptors (Lipinski definition) is 1. The molecule has 20 heavy (non-hydrogen) atoms. The van der Waals surface area contributed by atoms with Gasteiger partial charge < -0.3 is 5.73 Å². The summed E-state index contributed by atoms with van der Waals surface area (Å²) in [5.41, 5.74) is 5.26. The first-order chi connectivity index (χ1) is 9.31. The highest BCUT2D eigenvalue weighted by Crippen LogP contribution is 2.34. The van der Waals surface area contributed by atoms with E-state index < -0.39 is 23.6 Å². The van der Waals surface area contributed by atoms with Crippen LogP contribution in [0.1, 0.15) is 56.7 Å². The molecule has 2 N–H and O–H groups in total. The van der Waals surface area contributed by atoms with E-state index in [1.54, 1.807) is 0 Å². The summed E-state index contributed by atoms with van der Waals surface area (Å²) in [5.74, 6) is -1.10. The maximum atomic E-state index is 13.6. The molecule has 0 aliphatic carbocycles. The number of hydrogen-bond donors (Lipinski definition) is 1. The van der Waals surface area contributed by atoms with Crippen LogP contribution in [0.2, 0.25) is 0 Å². The summed E-state index contributed by atoms with van der Waals surface area (Å²) in [6.07, 6.45) is -0.903. The maximum absolute atomic E-state index is 13.6. The molecule has 1 aromatic carbocycles. The van der Waals surface area contributed by atoms with Gasteiger partial charge in [0.2, 0.25) is 0 Å². The molecule has 0 saturated heterocycles. The van der Waals surface area contributed by atoms with E-state index in [1.807, 2.05) is 6.92 Å². The molecule has 0 fully saturated rings. The monoisotopic (exact) mass is 291 g/mol. The molecule has 0 aliphatic rings. The highest BCUT2D eigenvalue weighted by Gasteiger charge is 2.34. The van der Waals surface area contributed by atoms with Gasteiger partial charge in [0.05, 0.1) is 5.56 Å². The van der Waals surface area contributed by atoms with Crippen LogP contribution in [0.3, 0.4) is 0 Å². The number of benzene rings is 1. The minimum Gasteiger partial charge on any atom is -0.324 e. The van der Waals surface area contributed by atoms with Gasteiger partial charge in [0.15, 0.2) is 0 Å². The van der Waals surface area contributed by atoms with Crippen molar-refractivity contribution in [2.75, 3.05) is 0 Å². The third-order valence-corrected chi connectivity index (χ3v) is 3.64. The predicted molar refractivity (Wildman–Crippen MR) is 71.6 cm³/mol. The Morgan fingerprint density at radius 3 is 2.30 bits per heavy atom. The Morgan fingerprint density at radius 1 is 1.20 bits per heavy atom. The molecule has 1 aromatic rings. The summed E-state index contributed by atoms with van der Waals surface area (Å²) in [6, 6.07) is 2.55. The van der Waals surface area contributed by atoms with Crippen LogP contribution >= 0.6 is 0 Å². The van der Waals surface area contributed by atoms with Crippen LogP contribution in [-0.2, 0) is 6.18 Å². The molecule has 1 nitrogen and oxygen atoms in total. The summed E-state index contributed by atoms with van der Waals surface area (Å²) in [4.78, 5) is 0. The normalized spacial score (nSPS) is 15.2. The van der Waals surface area contributed by atoms with E-state index >= 15 is 0 Å². The molecule has 0 radical (unpaired) electrons. The molecule has 0 heterocycles. The van der Waals surface area contributed by atoms with Gasteiger partial charge in [0, 0.05) is 6.04 Å². The highest BCUT2D eigenvalue weighted by atomic mass is 19.4. The summed E-state index contributed by atoms with van der Waals surface area (Å²) in [6.45, 7) is 4.05. The molecular formula is C15H21F4N. The van der Waals surface area contributed by atoms with Gasteiger partial charge in [-0.1, -0.05) is 39.2 Å². The predicted octanol–water partition coefficient (Wildman–Crippen LogP) is 5.06. The Morgan fingerprint density at radius 2 is 1.85 bits per heavy atom. The molecule has 114 valence electrons. The van der Waals surface area contributed by atoms with Crippen LogP contribution in [0.25, 0.3) is 0 Å². The zero-order chi connectivity index (χ0) is 15.3. The van der Waals surface area contributed by atoms with E-state index in [-0.39, 0.29) is 5.92 Å². The standard InChI is InChI=1S/C15H21F4N/c1-3-5-6-10(4-2)14(20)11-7-8-12(13(16)9-11)15(17,18)19/h7-10,14H,3-6,20H2,1-2H3. The van der Waals surface area contributed by atoms with Crippen LogP contribution in [0.15, 0.2) is 18.2 Å². The Balaban J connectivity index is 2.94. The van der Waals surface area contributed by atoms with E-state index in [0.717, 1.165) is 37.8 Å². The molecule has 1 rings (SSSR count). The van der Waals surface area contributed by atoms with Crippen molar-refractivity contribution in [2.45, 2.75) is 51.7 Å². The molecule has 0 saturated carbocycles. The lowest BCUT2D eigenvalue weighted by molar-refractivity contribution is -0.140. The van der Waals surface area contributed by atoms with Crippen molar-refractivity contribution < 1.29 is 17.6 Å². The average Bonchev–Trinajstić information content (AvgIpc) is 2.37. The number of alkyl halides is 3. The summed E-state index contributed by atoms with van der Waals surface area (Å²) >= 11 is 0. The molecule has 5 heteroatoms. The van der Waals surface area contributed by atoms with Crippen molar-refractivity contribution in [3.63, 3.8) is 0 Å². The lowest BCUT2D eigenvalue weighted by Gasteiger charge is -2.23. The van der Waals surface area contributed by atoms with Crippen LogP contribution < -0.4 is 5.73 Å². The van der Waals surface area contributed by atoms with Crippen molar-refractivity contribution >= 4 is 0 Å². The largest absolute Gasteiger partial charge is 0.419 e. The third kappa shape index (κ3) is 4.20. The second kappa shape index (κ2) is 7.07. The first-order valence-corrected chi connectivity index (χ1v) is 6.93. The van der Waals surface area contributed by atoms with Gasteiger partial charge in [0.1, 0.15) is 5.82 Å². The zero-order valence-electron chi connectivity index (χ0n) is 11.8. The lowest BCUT2D eigenvalue weighted by atomic mass is 9.87. The van der Waals surface area contributed by atoms with Gasteiger partial charge in [-0.2, -0.15) is 13.2 Å². The van der Waals surface area contributed by atoms with Crippen LogP contribution in [0, 0.1) is 11.7 Å². The van der Waals surface area contributed by atoms with Crippen LogP contribution in [-0.4, -0.2) is 0 Å². The van der Waals surface area contributed by atoms with E-state index in [4.69, 9.17) is 5.73 Å². The fraction of sp³-hybridized carbons (Fsp3) is 0.600. The van der Waals surface area contributed by atoms with Crippen molar-refractivity contribution in [3.8, 4) is 0 Å². The molecule has 2 unspecified atom stereocenters. The summed E-state index contributed by atoms with van der Waals surface area (Å²) in [5, 5.41) is 0. The molecule has 0 amide bonds. The Labute approximate surface area is 117 Å². The summed E-state index contributed by atoms with van der Waals surface area (Å²) in [7, 11) is 0. The van der Waals surface area contributed by atoms with Crippen molar-refractivity contribution in [1.82, 2.24) is 0 Å². The van der Waals surface area contributed by atoms with Crippen LogP contribution in [0.4, 0.5) is 17.6 Å². The number of unbranched alkanes of at least 4 members (excludes halogenated alkanes) is 1. The van der Waals surface area contributed by atoms with Gasteiger partial charge in [-0.15, -0.1) is 0 Å². The fourth-order valence-electron chi connectivity index (χ4n) is 2.34. The average molecular weight is 291 g/mol. The van der Waals surface area contributed by atoms with Crippen molar-refractivity contribution in [3.05, 3.63) is 35.1 Å². The molecule has 0 aliphatic heterocycles. The highest BCUT2D eigenvalue weighted by molar-refractivity contribution is 5.28. The molecular weight excluding hydrogens is 270 g/mol. The number of halogens is 4.